The Morgan fingerprint density at radius 3 is 2.62 bits per heavy atom. The summed E-state index contributed by atoms with van der Waals surface area (Å²) < 4.78 is 4.23. The first-order valence-electron chi connectivity index (χ1n) is 8.07. The molecule has 0 aromatic carbocycles. The van der Waals surface area contributed by atoms with Crippen molar-refractivity contribution >= 4 is 0 Å². The number of nitrogens with zero attached hydrogens (tertiary/aromatic N) is 3. The van der Waals surface area contributed by atoms with Crippen molar-refractivity contribution in [3.63, 3.8) is 0 Å². The fourth-order valence-electron chi connectivity index (χ4n) is 2.52. The second kappa shape index (κ2) is 7.46. The maximum atomic E-state index is 4.61. The second-order valence-electron chi connectivity index (χ2n) is 5.91. The molecule has 0 aliphatic rings. The van der Waals surface area contributed by atoms with Crippen LogP contribution in [0.15, 0.2) is 30.7 Å². The Morgan fingerprint density at radius 1 is 1.19 bits per heavy atom. The molecule has 0 spiro atoms. The summed E-state index contributed by atoms with van der Waals surface area (Å²) in [5.41, 5.74) is 2.48. The lowest BCUT2D eigenvalue weighted by molar-refractivity contribution is 0.516. The van der Waals surface area contributed by atoms with E-state index in [-0.39, 0.29) is 0 Å². The van der Waals surface area contributed by atoms with Gasteiger partial charge in [-0.2, -0.15) is 5.10 Å². The van der Waals surface area contributed by atoms with Gasteiger partial charge in [0, 0.05) is 30.7 Å². The molecule has 0 amide bonds. The lowest BCUT2D eigenvalue weighted by Gasteiger charge is -2.15. The molecule has 1 N–H and O–H groups in total. The Hall–Kier alpha value is -1.55. The smallest absolute Gasteiger partial charge is 0.0821 e. The molecule has 4 heteroatoms. The molecule has 0 bridgehead atoms. The minimum absolute atomic E-state index is 0.418. The monoisotopic (exact) mass is 288 g/mol. The van der Waals surface area contributed by atoms with Crippen LogP contribution in [0.5, 0.6) is 0 Å². The average molecular weight is 288 g/mol. The van der Waals surface area contributed by atoms with Crippen molar-refractivity contribution in [3.8, 4) is 0 Å². The standard InChI is InChI=1S/C17H28N4/c1-5-9-18-17(6-2)15-7-10-20(12-15)13-16-8-11-21(19-16)14(3)4/h7-8,10-12,14,17-18H,5-6,9,13H2,1-4H3. The van der Waals surface area contributed by atoms with Gasteiger partial charge in [0.05, 0.1) is 12.2 Å². The molecule has 2 heterocycles. The summed E-state index contributed by atoms with van der Waals surface area (Å²) >= 11 is 0. The SMILES string of the molecule is CCCNC(CC)c1ccn(Cc2ccn(C(C)C)n2)c1. The largest absolute Gasteiger partial charge is 0.348 e. The van der Waals surface area contributed by atoms with Crippen LogP contribution in [0.25, 0.3) is 0 Å². The quantitative estimate of drug-likeness (QED) is 0.802. The Bertz CT molecular complexity index is 538. The van der Waals surface area contributed by atoms with Crippen molar-refractivity contribution in [3.05, 3.63) is 42.0 Å². The molecule has 1 atom stereocenters. The van der Waals surface area contributed by atoms with Crippen LogP contribution in [0.4, 0.5) is 0 Å². The Balaban J connectivity index is 2.01. The van der Waals surface area contributed by atoms with Crippen molar-refractivity contribution in [2.75, 3.05) is 6.54 Å². The fraction of sp³-hybridized carbons (Fsp3) is 0.588. The summed E-state index contributed by atoms with van der Waals surface area (Å²) in [6.07, 6.45) is 8.74. The maximum Gasteiger partial charge on any atom is 0.0821 e. The van der Waals surface area contributed by atoms with Gasteiger partial charge < -0.3 is 9.88 Å². The second-order valence-corrected chi connectivity index (χ2v) is 5.91. The van der Waals surface area contributed by atoms with E-state index in [1.807, 2.05) is 4.68 Å². The molecule has 21 heavy (non-hydrogen) atoms. The maximum absolute atomic E-state index is 4.61. The van der Waals surface area contributed by atoms with Gasteiger partial charge in [-0.3, -0.25) is 4.68 Å². The third-order valence-corrected chi connectivity index (χ3v) is 3.76. The Labute approximate surface area is 128 Å². The first-order chi connectivity index (χ1) is 10.1. The third kappa shape index (κ3) is 4.21. The van der Waals surface area contributed by atoms with E-state index in [1.165, 1.54) is 12.0 Å². The highest BCUT2D eigenvalue weighted by Crippen LogP contribution is 2.17. The molecule has 0 aliphatic heterocycles. The summed E-state index contributed by atoms with van der Waals surface area (Å²) in [6, 6.07) is 5.20. The van der Waals surface area contributed by atoms with E-state index in [0.29, 0.717) is 12.1 Å². The zero-order valence-electron chi connectivity index (χ0n) is 13.7. The molecule has 0 radical (unpaired) electrons. The molecule has 0 fully saturated rings. The van der Waals surface area contributed by atoms with E-state index >= 15 is 0 Å². The minimum atomic E-state index is 0.418. The van der Waals surface area contributed by atoms with Crippen LogP contribution in [-0.2, 0) is 6.54 Å². The molecule has 116 valence electrons. The molecule has 0 aliphatic carbocycles. The number of rotatable bonds is 8. The van der Waals surface area contributed by atoms with E-state index in [9.17, 15) is 0 Å². The molecule has 1 unspecified atom stereocenters. The number of aromatic nitrogens is 3. The van der Waals surface area contributed by atoms with Crippen LogP contribution in [0.3, 0.4) is 0 Å². The van der Waals surface area contributed by atoms with Crippen molar-refractivity contribution < 1.29 is 0 Å². The highest BCUT2D eigenvalue weighted by atomic mass is 15.3. The van der Waals surface area contributed by atoms with Crippen molar-refractivity contribution in [1.82, 2.24) is 19.7 Å². The van der Waals surface area contributed by atoms with Gasteiger partial charge in [-0.15, -0.1) is 0 Å². The number of hydrogen-bond acceptors (Lipinski definition) is 2. The minimum Gasteiger partial charge on any atom is -0.348 e. The van der Waals surface area contributed by atoms with Crippen LogP contribution in [0.1, 0.15) is 63.9 Å². The van der Waals surface area contributed by atoms with Crippen LogP contribution in [0.2, 0.25) is 0 Å². The van der Waals surface area contributed by atoms with Gasteiger partial charge in [-0.25, -0.2) is 0 Å². The highest BCUT2D eigenvalue weighted by Gasteiger charge is 2.10. The third-order valence-electron chi connectivity index (χ3n) is 3.76. The van der Waals surface area contributed by atoms with Gasteiger partial charge in [-0.05, 0) is 50.9 Å². The van der Waals surface area contributed by atoms with Gasteiger partial charge in [0.2, 0.25) is 0 Å². The highest BCUT2D eigenvalue weighted by molar-refractivity contribution is 5.16. The van der Waals surface area contributed by atoms with E-state index < -0.39 is 0 Å². The fourth-order valence-corrected chi connectivity index (χ4v) is 2.52. The predicted molar refractivity (Wildman–Crippen MR) is 87.5 cm³/mol. The molecule has 2 aromatic rings. The summed E-state index contributed by atoms with van der Waals surface area (Å²) in [5.74, 6) is 0. The van der Waals surface area contributed by atoms with E-state index in [1.54, 1.807) is 0 Å². The van der Waals surface area contributed by atoms with Crippen LogP contribution in [0, 0.1) is 0 Å². The number of hydrogen-bond donors (Lipinski definition) is 1. The molecule has 0 saturated heterocycles. The average Bonchev–Trinajstić information content (AvgIpc) is 3.10. The predicted octanol–water partition coefficient (Wildman–Crippen LogP) is 3.76. The van der Waals surface area contributed by atoms with Gasteiger partial charge in [0.25, 0.3) is 0 Å². The van der Waals surface area contributed by atoms with Crippen LogP contribution >= 0.6 is 0 Å². The molecule has 4 nitrogen and oxygen atoms in total. The first-order valence-corrected chi connectivity index (χ1v) is 8.07. The summed E-state index contributed by atoms with van der Waals surface area (Å²) in [7, 11) is 0. The molecular weight excluding hydrogens is 260 g/mol. The van der Waals surface area contributed by atoms with Gasteiger partial charge >= 0.3 is 0 Å². The molecule has 2 rings (SSSR count). The molecular formula is C17H28N4. The summed E-state index contributed by atoms with van der Waals surface area (Å²) in [6.45, 7) is 10.6. The molecule has 0 saturated carbocycles. The Morgan fingerprint density at radius 2 is 2.00 bits per heavy atom. The zero-order chi connectivity index (χ0) is 15.2. The lowest BCUT2D eigenvalue weighted by Crippen LogP contribution is -2.21. The summed E-state index contributed by atoms with van der Waals surface area (Å²) in [4.78, 5) is 0. The van der Waals surface area contributed by atoms with E-state index in [2.05, 4.69) is 73.4 Å². The lowest BCUT2D eigenvalue weighted by atomic mass is 10.1. The van der Waals surface area contributed by atoms with Crippen molar-refractivity contribution in [2.24, 2.45) is 0 Å². The summed E-state index contributed by atoms with van der Waals surface area (Å²) in [5, 5.41) is 8.21. The Kier molecular flexibility index (Phi) is 5.62. The van der Waals surface area contributed by atoms with E-state index in [0.717, 1.165) is 25.2 Å². The first kappa shape index (κ1) is 15.8. The van der Waals surface area contributed by atoms with Crippen molar-refractivity contribution in [1.29, 1.82) is 0 Å². The zero-order valence-corrected chi connectivity index (χ0v) is 13.7. The topological polar surface area (TPSA) is 34.8 Å². The van der Waals surface area contributed by atoms with Gasteiger partial charge in [0.1, 0.15) is 0 Å². The van der Waals surface area contributed by atoms with E-state index in [4.69, 9.17) is 0 Å². The van der Waals surface area contributed by atoms with Gasteiger partial charge in [-0.1, -0.05) is 13.8 Å². The normalized spacial score (nSPS) is 13.0. The van der Waals surface area contributed by atoms with Crippen LogP contribution in [-0.4, -0.2) is 20.9 Å². The number of nitrogens with one attached hydrogen (secondary N) is 1. The van der Waals surface area contributed by atoms with Crippen molar-refractivity contribution in [2.45, 2.75) is 59.2 Å². The van der Waals surface area contributed by atoms with Gasteiger partial charge in [0.15, 0.2) is 0 Å². The molecule has 2 aromatic heterocycles. The van der Waals surface area contributed by atoms with Crippen LogP contribution < -0.4 is 5.32 Å².